The second kappa shape index (κ2) is 8.54. The van der Waals surface area contributed by atoms with Crippen LogP contribution in [0.5, 0.6) is 5.75 Å². The van der Waals surface area contributed by atoms with Gasteiger partial charge in [-0.1, -0.05) is 48.5 Å². The summed E-state index contributed by atoms with van der Waals surface area (Å²) in [6.07, 6.45) is 1.59. The normalized spacial score (nSPS) is 10.6. The highest BCUT2D eigenvalue weighted by molar-refractivity contribution is 7.14. The second-order valence-electron chi connectivity index (χ2n) is 6.04. The molecule has 2 aromatic heterocycles. The summed E-state index contributed by atoms with van der Waals surface area (Å²) in [5.74, 6) is 1.15. The number of rotatable bonds is 7. The summed E-state index contributed by atoms with van der Waals surface area (Å²) in [4.78, 5) is 19.2. The van der Waals surface area contributed by atoms with Gasteiger partial charge in [-0.3, -0.25) is 9.69 Å². The second-order valence-corrected chi connectivity index (χ2v) is 6.88. The quantitative estimate of drug-likeness (QED) is 0.445. The van der Waals surface area contributed by atoms with E-state index in [1.165, 1.54) is 11.3 Å². The lowest BCUT2D eigenvalue weighted by molar-refractivity contribution is -0.120. The molecule has 0 bridgehead atoms. The van der Waals surface area contributed by atoms with Gasteiger partial charge in [-0.2, -0.15) is 0 Å². The van der Waals surface area contributed by atoms with Crippen LogP contribution >= 0.6 is 11.3 Å². The number of ether oxygens (including phenoxy) is 1. The molecule has 28 heavy (non-hydrogen) atoms. The first-order valence-electron chi connectivity index (χ1n) is 8.81. The molecule has 0 aliphatic heterocycles. The maximum atomic E-state index is 12.9. The molecule has 0 N–H and O–H groups in total. The van der Waals surface area contributed by atoms with Crippen LogP contribution in [-0.2, 0) is 11.3 Å². The van der Waals surface area contributed by atoms with Crippen LogP contribution in [-0.4, -0.2) is 17.5 Å². The summed E-state index contributed by atoms with van der Waals surface area (Å²) in [5.41, 5.74) is 1.85. The SMILES string of the molecule is O=C(COc1ccccc1)N(Cc1ccco1)c1nc(-c2ccccc2)cs1. The number of para-hydroxylation sites is 1. The van der Waals surface area contributed by atoms with Gasteiger partial charge in [0, 0.05) is 10.9 Å². The lowest BCUT2D eigenvalue weighted by atomic mass is 10.2. The summed E-state index contributed by atoms with van der Waals surface area (Å²) in [6.45, 7) is 0.219. The molecular formula is C22H18N2O3S. The van der Waals surface area contributed by atoms with Crippen LogP contribution in [0.25, 0.3) is 11.3 Å². The zero-order valence-corrected chi connectivity index (χ0v) is 15.8. The van der Waals surface area contributed by atoms with Crippen LogP contribution in [0.2, 0.25) is 0 Å². The maximum Gasteiger partial charge on any atom is 0.267 e. The first-order valence-corrected chi connectivity index (χ1v) is 9.69. The fourth-order valence-corrected chi connectivity index (χ4v) is 3.54. The van der Waals surface area contributed by atoms with Gasteiger partial charge in [0.15, 0.2) is 11.7 Å². The van der Waals surface area contributed by atoms with E-state index in [9.17, 15) is 4.79 Å². The molecule has 0 aliphatic carbocycles. The van der Waals surface area contributed by atoms with Gasteiger partial charge < -0.3 is 9.15 Å². The van der Waals surface area contributed by atoms with Gasteiger partial charge in [0.05, 0.1) is 18.5 Å². The van der Waals surface area contributed by atoms with Gasteiger partial charge in [0.2, 0.25) is 0 Å². The van der Waals surface area contributed by atoms with Crippen LogP contribution in [0.4, 0.5) is 5.13 Å². The van der Waals surface area contributed by atoms with Crippen molar-refractivity contribution < 1.29 is 13.9 Å². The smallest absolute Gasteiger partial charge is 0.267 e. The number of hydrogen-bond donors (Lipinski definition) is 0. The van der Waals surface area contributed by atoms with Crippen molar-refractivity contribution in [3.8, 4) is 17.0 Å². The Morgan fingerprint density at radius 1 is 1.00 bits per heavy atom. The molecule has 6 heteroatoms. The number of carbonyl (C=O) groups excluding carboxylic acids is 1. The number of amides is 1. The molecule has 0 atom stereocenters. The first kappa shape index (κ1) is 18.0. The minimum atomic E-state index is -0.186. The van der Waals surface area contributed by atoms with E-state index in [1.54, 1.807) is 17.2 Å². The summed E-state index contributed by atoms with van der Waals surface area (Å²) >= 11 is 1.42. The largest absolute Gasteiger partial charge is 0.484 e. The molecule has 0 spiro atoms. The molecule has 0 radical (unpaired) electrons. The lowest BCUT2D eigenvalue weighted by Crippen LogP contribution is -2.34. The molecule has 4 rings (SSSR count). The third-order valence-corrected chi connectivity index (χ3v) is 4.96. The number of nitrogens with zero attached hydrogens (tertiary/aromatic N) is 2. The molecule has 1 amide bonds. The molecule has 0 saturated carbocycles. The van der Waals surface area contributed by atoms with E-state index in [0.29, 0.717) is 23.2 Å². The molecule has 140 valence electrons. The van der Waals surface area contributed by atoms with Gasteiger partial charge >= 0.3 is 0 Å². The zero-order valence-electron chi connectivity index (χ0n) is 15.0. The van der Waals surface area contributed by atoms with Gasteiger partial charge in [-0.15, -0.1) is 11.3 Å². The third-order valence-electron chi connectivity index (χ3n) is 4.09. The minimum Gasteiger partial charge on any atom is -0.484 e. The third kappa shape index (κ3) is 4.29. The molecule has 4 aromatic rings. The minimum absolute atomic E-state index is 0.0784. The average Bonchev–Trinajstić information content (AvgIpc) is 3.44. The molecule has 2 aromatic carbocycles. The van der Waals surface area contributed by atoms with Crippen molar-refractivity contribution in [1.29, 1.82) is 0 Å². The number of hydrogen-bond acceptors (Lipinski definition) is 5. The number of carbonyl (C=O) groups is 1. The van der Waals surface area contributed by atoms with Gasteiger partial charge in [0.25, 0.3) is 5.91 Å². The molecule has 0 saturated heterocycles. The van der Waals surface area contributed by atoms with Crippen LogP contribution in [0.1, 0.15) is 5.76 Å². The van der Waals surface area contributed by atoms with E-state index >= 15 is 0 Å². The van der Waals surface area contributed by atoms with Crippen molar-refractivity contribution in [3.63, 3.8) is 0 Å². The van der Waals surface area contributed by atoms with Crippen molar-refractivity contribution in [2.75, 3.05) is 11.5 Å². The number of thiazole rings is 1. The Bertz CT molecular complexity index is 1010. The highest BCUT2D eigenvalue weighted by Crippen LogP contribution is 2.28. The molecular weight excluding hydrogens is 372 g/mol. The van der Waals surface area contributed by atoms with Gasteiger partial charge in [0.1, 0.15) is 11.5 Å². The van der Waals surface area contributed by atoms with Crippen molar-refractivity contribution in [1.82, 2.24) is 4.98 Å². The Balaban J connectivity index is 1.55. The Labute approximate surface area is 166 Å². The fraction of sp³-hybridized carbons (Fsp3) is 0.0909. The molecule has 0 unspecified atom stereocenters. The Morgan fingerprint density at radius 2 is 1.75 bits per heavy atom. The highest BCUT2D eigenvalue weighted by atomic mass is 32.1. The number of anilines is 1. The predicted octanol–water partition coefficient (Wildman–Crippen LogP) is 5.02. The summed E-state index contributed by atoms with van der Waals surface area (Å²) < 4.78 is 11.1. The Kier molecular flexibility index (Phi) is 5.49. The topological polar surface area (TPSA) is 55.6 Å². The summed E-state index contributed by atoms with van der Waals surface area (Å²) in [7, 11) is 0. The van der Waals surface area contributed by atoms with Crippen LogP contribution in [0.3, 0.4) is 0 Å². The Hall–Kier alpha value is -3.38. The van der Waals surface area contributed by atoms with E-state index in [-0.39, 0.29) is 12.5 Å². The summed E-state index contributed by atoms with van der Waals surface area (Å²) in [5, 5.41) is 2.56. The van der Waals surface area contributed by atoms with Crippen molar-refractivity contribution in [3.05, 3.63) is 90.2 Å². The van der Waals surface area contributed by atoms with Crippen molar-refractivity contribution >= 4 is 22.4 Å². The van der Waals surface area contributed by atoms with E-state index in [1.807, 2.05) is 72.1 Å². The maximum absolute atomic E-state index is 12.9. The van der Waals surface area contributed by atoms with E-state index in [2.05, 4.69) is 4.98 Å². The molecule has 2 heterocycles. The van der Waals surface area contributed by atoms with E-state index < -0.39 is 0 Å². The number of furan rings is 1. The Morgan fingerprint density at radius 3 is 2.46 bits per heavy atom. The average molecular weight is 390 g/mol. The lowest BCUT2D eigenvalue weighted by Gasteiger charge is -2.19. The number of benzene rings is 2. The van der Waals surface area contributed by atoms with Crippen molar-refractivity contribution in [2.24, 2.45) is 0 Å². The molecule has 5 nitrogen and oxygen atoms in total. The highest BCUT2D eigenvalue weighted by Gasteiger charge is 2.21. The number of aromatic nitrogens is 1. The monoisotopic (exact) mass is 390 g/mol. The molecule has 0 aliphatic rings. The van der Waals surface area contributed by atoms with Gasteiger partial charge in [-0.25, -0.2) is 4.98 Å². The van der Waals surface area contributed by atoms with E-state index in [4.69, 9.17) is 9.15 Å². The van der Waals surface area contributed by atoms with Crippen LogP contribution in [0.15, 0.2) is 88.9 Å². The summed E-state index contributed by atoms with van der Waals surface area (Å²) in [6, 6.07) is 22.8. The fourth-order valence-electron chi connectivity index (χ4n) is 2.69. The van der Waals surface area contributed by atoms with Crippen molar-refractivity contribution in [2.45, 2.75) is 6.54 Å². The van der Waals surface area contributed by atoms with Gasteiger partial charge in [-0.05, 0) is 24.3 Å². The standard InChI is InChI=1S/C22H18N2O3S/c25-21(15-27-18-10-5-2-6-11-18)24(14-19-12-7-13-26-19)22-23-20(16-28-22)17-8-3-1-4-9-17/h1-13,16H,14-15H2. The molecule has 0 fully saturated rings. The zero-order chi connectivity index (χ0) is 19.2. The van der Waals surface area contributed by atoms with Crippen LogP contribution in [0, 0.1) is 0 Å². The van der Waals surface area contributed by atoms with Crippen LogP contribution < -0.4 is 9.64 Å². The van der Waals surface area contributed by atoms with E-state index in [0.717, 1.165) is 11.3 Å². The first-order chi connectivity index (χ1) is 13.8. The predicted molar refractivity (Wildman–Crippen MR) is 109 cm³/mol.